The zero-order chi connectivity index (χ0) is 37.4. The molecule has 0 atom stereocenters. The Morgan fingerprint density at radius 1 is 0.357 bits per heavy atom. The van der Waals surface area contributed by atoms with Crippen molar-refractivity contribution in [1.29, 1.82) is 0 Å². The first-order chi connectivity index (χ1) is 27.7. The number of aromatic nitrogens is 1. The molecular formula is C53H38N2S. The molecule has 8 aromatic carbocycles. The number of fused-ring (bicyclic) bond motifs is 3. The van der Waals surface area contributed by atoms with E-state index in [0.29, 0.717) is 0 Å². The topological polar surface area (TPSA) is 8.17 Å². The van der Waals surface area contributed by atoms with Crippen LogP contribution in [0.25, 0.3) is 71.3 Å². The monoisotopic (exact) mass is 734 g/mol. The molecule has 2 heterocycles. The summed E-state index contributed by atoms with van der Waals surface area (Å²) >= 11 is 1.87. The third kappa shape index (κ3) is 6.28. The van der Waals surface area contributed by atoms with Crippen molar-refractivity contribution in [3.63, 3.8) is 0 Å². The normalized spacial score (nSPS) is 11.3. The van der Waals surface area contributed by atoms with Gasteiger partial charge in [0.1, 0.15) is 0 Å². The lowest BCUT2D eigenvalue weighted by atomic mass is 10.0. The molecule has 2 aromatic heterocycles. The summed E-state index contributed by atoms with van der Waals surface area (Å²) in [6.45, 7) is 2.21. The number of rotatable bonds is 8. The van der Waals surface area contributed by atoms with E-state index in [0.717, 1.165) is 17.1 Å². The Morgan fingerprint density at radius 3 is 1.18 bits per heavy atom. The molecule has 0 amide bonds. The van der Waals surface area contributed by atoms with Crippen molar-refractivity contribution >= 4 is 49.5 Å². The lowest BCUT2D eigenvalue weighted by molar-refractivity contribution is 1.18. The third-order valence-corrected chi connectivity index (χ3v) is 11.8. The standard InChI is InChI=1S/C53H38N2S/c1-37-35-52-53(56-37)50-36-45(25-34-51(50)55(52)49-32-21-43(22-33-49)40-15-9-4-10-16-40)44-23-30-48(31-24-44)54(46-26-17-41(18-27-46)38-11-5-2-6-12-38)47-28-19-42(20-29-47)39-13-7-3-8-14-39/h2-36H,1H3. The van der Waals surface area contributed by atoms with Gasteiger partial charge in [-0.05, 0) is 118 Å². The number of hydrogen-bond acceptors (Lipinski definition) is 2. The fraction of sp³-hybridized carbons (Fsp3) is 0.0189. The molecule has 0 aliphatic heterocycles. The zero-order valence-corrected chi connectivity index (χ0v) is 31.8. The van der Waals surface area contributed by atoms with Gasteiger partial charge in [0.15, 0.2) is 0 Å². The van der Waals surface area contributed by atoms with E-state index in [1.165, 1.54) is 76.2 Å². The highest BCUT2D eigenvalue weighted by molar-refractivity contribution is 7.20. The second-order valence-corrected chi connectivity index (χ2v) is 15.5. The van der Waals surface area contributed by atoms with Gasteiger partial charge >= 0.3 is 0 Å². The van der Waals surface area contributed by atoms with Gasteiger partial charge in [0.25, 0.3) is 0 Å². The summed E-state index contributed by atoms with van der Waals surface area (Å²) in [5.41, 5.74) is 16.7. The summed E-state index contributed by atoms with van der Waals surface area (Å²) in [6, 6.07) is 76.7. The predicted octanol–water partition coefficient (Wildman–Crippen LogP) is 15.3. The summed E-state index contributed by atoms with van der Waals surface area (Å²) in [6.07, 6.45) is 0. The van der Waals surface area contributed by atoms with Crippen molar-refractivity contribution < 1.29 is 0 Å². The Morgan fingerprint density at radius 2 is 0.732 bits per heavy atom. The fourth-order valence-corrected chi connectivity index (χ4v) is 8.93. The van der Waals surface area contributed by atoms with E-state index in [2.05, 4.69) is 229 Å². The lowest BCUT2D eigenvalue weighted by Gasteiger charge is -2.26. The summed E-state index contributed by atoms with van der Waals surface area (Å²) in [4.78, 5) is 3.66. The molecule has 56 heavy (non-hydrogen) atoms. The van der Waals surface area contributed by atoms with E-state index >= 15 is 0 Å². The van der Waals surface area contributed by atoms with Crippen LogP contribution in [0.1, 0.15) is 4.88 Å². The number of nitrogens with zero attached hydrogens (tertiary/aromatic N) is 2. The molecule has 0 fully saturated rings. The van der Waals surface area contributed by atoms with Crippen molar-refractivity contribution in [3.05, 3.63) is 217 Å². The number of thiophene rings is 1. The van der Waals surface area contributed by atoms with E-state index in [-0.39, 0.29) is 0 Å². The highest BCUT2D eigenvalue weighted by Gasteiger charge is 2.17. The van der Waals surface area contributed by atoms with Crippen LogP contribution in [0.2, 0.25) is 0 Å². The number of anilines is 3. The van der Waals surface area contributed by atoms with Crippen LogP contribution in [0.4, 0.5) is 17.1 Å². The van der Waals surface area contributed by atoms with Crippen molar-refractivity contribution in [2.24, 2.45) is 0 Å². The number of benzene rings is 8. The molecule has 0 spiro atoms. The molecule has 0 saturated heterocycles. The maximum atomic E-state index is 2.42. The van der Waals surface area contributed by atoms with Gasteiger partial charge in [-0.3, -0.25) is 0 Å². The first kappa shape index (κ1) is 33.6. The van der Waals surface area contributed by atoms with Gasteiger partial charge in [0.2, 0.25) is 0 Å². The zero-order valence-electron chi connectivity index (χ0n) is 31.0. The molecule has 10 rings (SSSR count). The molecule has 0 radical (unpaired) electrons. The molecule has 2 nitrogen and oxygen atoms in total. The third-order valence-electron chi connectivity index (χ3n) is 10.7. The summed E-state index contributed by atoms with van der Waals surface area (Å²) in [5.74, 6) is 0. The molecule has 0 N–H and O–H groups in total. The van der Waals surface area contributed by atoms with Crippen molar-refractivity contribution in [3.8, 4) is 50.2 Å². The second kappa shape index (κ2) is 14.4. The smallest absolute Gasteiger partial charge is 0.0651 e. The Hall–Kier alpha value is -6.94. The molecule has 10 aromatic rings. The van der Waals surface area contributed by atoms with E-state index in [9.17, 15) is 0 Å². The SMILES string of the molecule is Cc1cc2c(s1)c1cc(-c3ccc(N(c4ccc(-c5ccccc5)cc4)c4ccc(-c5ccccc5)cc4)cc3)ccc1n2-c1ccc(-c2ccccc2)cc1. The summed E-state index contributed by atoms with van der Waals surface area (Å²) in [5, 5.41) is 1.28. The Bertz CT molecular complexity index is 2820. The first-order valence-corrected chi connectivity index (χ1v) is 19.9. The summed E-state index contributed by atoms with van der Waals surface area (Å²) in [7, 11) is 0. The molecular weight excluding hydrogens is 697 g/mol. The van der Waals surface area contributed by atoms with Gasteiger partial charge in [-0.25, -0.2) is 0 Å². The summed E-state index contributed by atoms with van der Waals surface area (Å²) < 4.78 is 3.74. The maximum absolute atomic E-state index is 2.42. The van der Waals surface area contributed by atoms with Gasteiger partial charge in [-0.1, -0.05) is 146 Å². The largest absolute Gasteiger partial charge is 0.311 e. The predicted molar refractivity (Wildman–Crippen MR) is 240 cm³/mol. The van der Waals surface area contributed by atoms with Crippen LogP contribution < -0.4 is 4.90 Å². The maximum Gasteiger partial charge on any atom is 0.0651 e. The van der Waals surface area contributed by atoms with Crippen LogP contribution in [0.15, 0.2) is 212 Å². The minimum Gasteiger partial charge on any atom is -0.311 e. The highest BCUT2D eigenvalue weighted by Crippen LogP contribution is 2.41. The molecule has 3 heteroatoms. The van der Waals surface area contributed by atoms with Gasteiger partial charge in [-0.2, -0.15) is 0 Å². The van der Waals surface area contributed by atoms with Gasteiger partial charge in [0, 0.05) is 33.0 Å². The van der Waals surface area contributed by atoms with Crippen LogP contribution in [0.3, 0.4) is 0 Å². The minimum absolute atomic E-state index is 1.11. The molecule has 0 bridgehead atoms. The fourth-order valence-electron chi connectivity index (χ4n) is 7.91. The second-order valence-electron chi connectivity index (χ2n) is 14.3. The van der Waals surface area contributed by atoms with Crippen molar-refractivity contribution in [2.45, 2.75) is 6.92 Å². The van der Waals surface area contributed by atoms with Crippen LogP contribution in [0.5, 0.6) is 0 Å². The number of hydrogen-bond donors (Lipinski definition) is 0. The van der Waals surface area contributed by atoms with Crippen molar-refractivity contribution in [2.75, 3.05) is 4.90 Å². The molecule has 0 unspecified atom stereocenters. The molecule has 0 saturated carbocycles. The Balaban J connectivity index is 1.01. The van der Waals surface area contributed by atoms with Gasteiger partial charge in [0.05, 0.1) is 15.7 Å². The van der Waals surface area contributed by atoms with Gasteiger partial charge in [-0.15, -0.1) is 11.3 Å². The first-order valence-electron chi connectivity index (χ1n) is 19.1. The van der Waals surface area contributed by atoms with E-state index in [1.807, 2.05) is 11.3 Å². The average molecular weight is 735 g/mol. The van der Waals surface area contributed by atoms with E-state index in [4.69, 9.17) is 0 Å². The quantitative estimate of drug-likeness (QED) is 0.151. The van der Waals surface area contributed by atoms with E-state index in [1.54, 1.807) is 0 Å². The average Bonchev–Trinajstić information content (AvgIpc) is 3.79. The lowest BCUT2D eigenvalue weighted by Crippen LogP contribution is -2.09. The van der Waals surface area contributed by atoms with Gasteiger partial charge < -0.3 is 9.47 Å². The Labute approximate surface area is 331 Å². The van der Waals surface area contributed by atoms with Crippen LogP contribution in [-0.4, -0.2) is 4.57 Å². The van der Waals surface area contributed by atoms with Crippen LogP contribution >= 0.6 is 11.3 Å². The van der Waals surface area contributed by atoms with Crippen molar-refractivity contribution in [1.82, 2.24) is 4.57 Å². The van der Waals surface area contributed by atoms with E-state index < -0.39 is 0 Å². The number of aryl methyl sites for hydroxylation is 1. The van der Waals surface area contributed by atoms with Crippen LogP contribution in [-0.2, 0) is 0 Å². The molecule has 266 valence electrons. The molecule has 0 aliphatic rings. The minimum atomic E-state index is 1.11. The molecule has 0 aliphatic carbocycles. The van der Waals surface area contributed by atoms with Crippen LogP contribution in [0, 0.1) is 6.92 Å². The Kier molecular flexibility index (Phi) is 8.63. The highest BCUT2D eigenvalue weighted by atomic mass is 32.1.